The van der Waals surface area contributed by atoms with E-state index in [1.54, 1.807) is 22.9 Å². The molecule has 0 aliphatic carbocycles. The first-order chi connectivity index (χ1) is 9.99. The molecule has 2 rings (SSSR count). The Morgan fingerprint density at radius 3 is 2.48 bits per heavy atom. The molecule has 1 atom stereocenters. The zero-order chi connectivity index (χ0) is 16.0. The highest BCUT2D eigenvalue weighted by Crippen LogP contribution is 2.17. The number of aryl methyl sites for hydroxylation is 1. The van der Waals surface area contributed by atoms with Crippen LogP contribution in [0.2, 0.25) is 0 Å². The van der Waals surface area contributed by atoms with Crippen molar-refractivity contribution in [2.75, 3.05) is 24.5 Å². The van der Waals surface area contributed by atoms with E-state index in [2.05, 4.69) is 4.98 Å². The number of hydrogen-bond donors (Lipinski definition) is 1. The molecular formula is C15H23N3O3. The molecule has 21 heavy (non-hydrogen) atoms. The summed E-state index contributed by atoms with van der Waals surface area (Å²) in [4.78, 5) is 30.5. The molecule has 0 aromatic carbocycles. The minimum atomic E-state index is -0.904. The lowest BCUT2D eigenvalue weighted by atomic mass is 10.2. The van der Waals surface area contributed by atoms with Gasteiger partial charge in [0.05, 0.1) is 18.4 Å². The molecule has 1 amide bonds. The third-order valence-electron chi connectivity index (χ3n) is 3.36. The first-order valence-electron chi connectivity index (χ1n) is 7.19. The smallest absolute Gasteiger partial charge is 0.320 e. The second-order valence-corrected chi connectivity index (χ2v) is 4.69. The van der Waals surface area contributed by atoms with Crippen LogP contribution in [0.3, 0.4) is 0 Å². The van der Waals surface area contributed by atoms with Crippen LogP contribution in [0.1, 0.15) is 26.5 Å². The molecule has 1 unspecified atom stereocenters. The van der Waals surface area contributed by atoms with Gasteiger partial charge in [0, 0.05) is 18.8 Å². The predicted octanol–water partition coefficient (Wildman–Crippen LogP) is 1.54. The zero-order valence-electron chi connectivity index (χ0n) is 13.0. The molecule has 2 heterocycles. The Labute approximate surface area is 125 Å². The van der Waals surface area contributed by atoms with E-state index in [1.165, 1.54) is 0 Å². The summed E-state index contributed by atoms with van der Waals surface area (Å²) in [6.07, 6.45) is 1.67. The molecule has 1 saturated heterocycles. The fourth-order valence-corrected chi connectivity index (χ4v) is 2.07. The van der Waals surface area contributed by atoms with Crippen LogP contribution in [0.5, 0.6) is 0 Å². The van der Waals surface area contributed by atoms with Gasteiger partial charge >= 0.3 is 5.97 Å². The topological polar surface area (TPSA) is 73.7 Å². The Hall–Kier alpha value is -1.95. The number of hydrogen-bond acceptors (Lipinski definition) is 4. The fraction of sp³-hybridized carbons (Fsp3) is 0.533. The molecule has 1 fully saturated rings. The first-order valence-corrected chi connectivity index (χ1v) is 7.19. The Balaban J connectivity index is 0.00000106. The van der Waals surface area contributed by atoms with E-state index >= 15 is 0 Å². The van der Waals surface area contributed by atoms with E-state index in [9.17, 15) is 9.59 Å². The van der Waals surface area contributed by atoms with Gasteiger partial charge in [-0.3, -0.25) is 19.5 Å². The summed E-state index contributed by atoms with van der Waals surface area (Å²) < 4.78 is 0. The van der Waals surface area contributed by atoms with Gasteiger partial charge in [-0.15, -0.1) is 0 Å². The number of nitrogens with zero attached hydrogens (tertiary/aromatic N) is 3. The molecule has 0 spiro atoms. The van der Waals surface area contributed by atoms with E-state index in [0.29, 0.717) is 13.1 Å². The number of piperazine rings is 1. The van der Waals surface area contributed by atoms with Gasteiger partial charge in [0.1, 0.15) is 6.04 Å². The van der Waals surface area contributed by atoms with Crippen molar-refractivity contribution >= 4 is 17.6 Å². The second-order valence-electron chi connectivity index (χ2n) is 4.69. The van der Waals surface area contributed by atoms with Gasteiger partial charge in [-0.1, -0.05) is 13.8 Å². The summed E-state index contributed by atoms with van der Waals surface area (Å²) in [6, 6.07) is 3.08. The molecule has 1 aromatic heterocycles. The van der Waals surface area contributed by atoms with Crippen molar-refractivity contribution < 1.29 is 14.7 Å². The molecule has 1 N–H and O–H groups in total. The number of carboxylic acids is 1. The van der Waals surface area contributed by atoms with Crippen LogP contribution in [-0.2, 0) is 9.59 Å². The average molecular weight is 293 g/mol. The number of carbonyl (C=O) groups is 2. The summed E-state index contributed by atoms with van der Waals surface area (Å²) in [6.45, 7) is 8.65. The predicted molar refractivity (Wildman–Crippen MR) is 81.3 cm³/mol. The molecule has 116 valence electrons. The van der Waals surface area contributed by atoms with Crippen molar-refractivity contribution in [1.82, 2.24) is 9.88 Å². The lowest BCUT2D eigenvalue weighted by Gasteiger charge is -2.35. The van der Waals surface area contributed by atoms with E-state index in [4.69, 9.17) is 5.11 Å². The van der Waals surface area contributed by atoms with Crippen LogP contribution >= 0.6 is 0 Å². The first kappa shape index (κ1) is 17.1. The summed E-state index contributed by atoms with van der Waals surface area (Å²) in [7, 11) is 0. The number of carbonyl (C=O) groups excluding carboxylic acids is 1. The maximum atomic E-state index is 12.1. The van der Waals surface area contributed by atoms with E-state index in [1.807, 2.05) is 32.9 Å². The minimum Gasteiger partial charge on any atom is -0.480 e. The Morgan fingerprint density at radius 1 is 1.33 bits per heavy atom. The highest BCUT2D eigenvalue weighted by molar-refractivity contribution is 5.95. The van der Waals surface area contributed by atoms with Gasteiger partial charge in [0.25, 0.3) is 0 Å². The van der Waals surface area contributed by atoms with Crippen molar-refractivity contribution in [3.8, 4) is 0 Å². The van der Waals surface area contributed by atoms with Gasteiger partial charge in [-0.2, -0.15) is 0 Å². The minimum absolute atomic E-state index is 0.0926. The van der Waals surface area contributed by atoms with Crippen LogP contribution in [0.15, 0.2) is 18.3 Å². The van der Waals surface area contributed by atoms with Crippen LogP contribution in [0.25, 0.3) is 0 Å². The maximum absolute atomic E-state index is 12.1. The van der Waals surface area contributed by atoms with Crippen LogP contribution in [-0.4, -0.2) is 52.5 Å². The van der Waals surface area contributed by atoms with Crippen molar-refractivity contribution in [1.29, 1.82) is 0 Å². The Bertz CT molecular complexity index is 487. The lowest BCUT2D eigenvalue weighted by molar-refractivity contribution is -0.143. The number of rotatable bonds is 3. The standard InChI is InChI=1S/C13H17N3O3.C2H6/c1-9-3-4-11(7-14-9)16-6-5-15(8-12(16)17)10(2)13(18)19;1-2/h3-4,7,10H,5-6,8H2,1-2H3,(H,18,19);1-2H3. The number of carboxylic acid groups (broad SMARTS) is 1. The van der Waals surface area contributed by atoms with E-state index < -0.39 is 12.0 Å². The van der Waals surface area contributed by atoms with Crippen molar-refractivity contribution in [2.24, 2.45) is 0 Å². The van der Waals surface area contributed by atoms with Crippen LogP contribution in [0.4, 0.5) is 5.69 Å². The summed E-state index contributed by atoms with van der Waals surface area (Å²) >= 11 is 0. The monoisotopic (exact) mass is 293 g/mol. The molecular weight excluding hydrogens is 270 g/mol. The second kappa shape index (κ2) is 7.73. The van der Waals surface area contributed by atoms with Gasteiger partial charge in [-0.05, 0) is 26.0 Å². The molecule has 6 heteroatoms. The number of anilines is 1. The maximum Gasteiger partial charge on any atom is 0.320 e. The third kappa shape index (κ3) is 4.26. The van der Waals surface area contributed by atoms with E-state index in [-0.39, 0.29) is 12.5 Å². The summed E-state index contributed by atoms with van der Waals surface area (Å²) in [5.74, 6) is -0.997. The largest absolute Gasteiger partial charge is 0.480 e. The molecule has 1 aliphatic rings. The molecule has 6 nitrogen and oxygen atoms in total. The quantitative estimate of drug-likeness (QED) is 0.915. The number of aromatic nitrogens is 1. The van der Waals surface area contributed by atoms with Crippen molar-refractivity contribution in [3.63, 3.8) is 0 Å². The zero-order valence-corrected chi connectivity index (χ0v) is 13.0. The van der Waals surface area contributed by atoms with E-state index in [0.717, 1.165) is 11.4 Å². The number of pyridine rings is 1. The highest BCUT2D eigenvalue weighted by Gasteiger charge is 2.30. The fourth-order valence-electron chi connectivity index (χ4n) is 2.07. The third-order valence-corrected chi connectivity index (χ3v) is 3.36. The average Bonchev–Trinajstić information content (AvgIpc) is 2.49. The summed E-state index contributed by atoms with van der Waals surface area (Å²) in [5, 5.41) is 8.96. The lowest BCUT2D eigenvalue weighted by Crippen LogP contribution is -2.54. The van der Waals surface area contributed by atoms with Gasteiger partial charge in [0.2, 0.25) is 5.91 Å². The van der Waals surface area contributed by atoms with Gasteiger partial charge in [0.15, 0.2) is 0 Å². The highest BCUT2D eigenvalue weighted by atomic mass is 16.4. The molecule has 1 aromatic rings. The normalized spacial score (nSPS) is 17.0. The number of amides is 1. The van der Waals surface area contributed by atoms with Crippen LogP contribution < -0.4 is 4.90 Å². The van der Waals surface area contributed by atoms with Gasteiger partial charge < -0.3 is 10.0 Å². The van der Waals surface area contributed by atoms with Gasteiger partial charge in [-0.25, -0.2) is 0 Å². The SMILES string of the molecule is CC.Cc1ccc(N2CCN(C(C)C(=O)O)CC2=O)cn1. The van der Waals surface area contributed by atoms with Crippen molar-refractivity contribution in [3.05, 3.63) is 24.0 Å². The molecule has 0 saturated carbocycles. The Kier molecular flexibility index (Phi) is 6.30. The van der Waals surface area contributed by atoms with Crippen molar-refractivity contribution in [2.45, 2.75) is 33.7 Å². The van der Waals surface area contributed by atoms with Crippen LogP contribution in [0, 0.1) is 6.92 Å². The Morgan fingerprint density at radius 2 is 2.00 bits per heavy atom. The number of aliphatic carboxylic acids is 1. The summed E-state index contributed by atoms with van der Waals surface area (Å²) in [5.41, 5.74) is 1.66. The molecule has 0 bridgehead atoms. The molecule has 0 radical (unpaired) electrons. The molecule has 1 aliphatic heterocycles.